The van der Waals surface area contributed by atoms with Gasteiger partial charge in [-0.3, -0.25) is 4.79 Å². The molecule has 2 aromatic carbocycles. The summed E-state index contributed by atoms with van der Waals surface area (Å²) in [6.07, 6.45) is 1.17. The number of sulfonamides is 1. The van der Waals surface area contributed by atoms with Gasteiger partial charge >= 0.3 is 0 Å². The Balaban J connectivity index is 1.76. The van der Waals surface area contributed by atoms with Crippen LogP contribution in [0.1, 0.15) is 36.9 Å². The summed E-state index contributed by atoms with van der Waals surface area (Å²) in [6.45, 7) is 4.24. The molecule has 5 nitrogen and oxygen atoms in total. The SMILES string of the molecule is Cc1ccc([C@H](C)NC(=O)[C@@H]2CCCN2S(=O)(=O)c2ccc(Cl)cc2)cc1. The van der Waals surface area contributed by atoms with Crippen LogP contribution in [-0.4, -0.2) is 31.2 Å². The van der Waals surface area contributed by atoms with Crippen molar-refractivity contribution >= 4 is 27.5 Å². The number of halogens is 1. The highest BCUT2D eigenvalue weighted by atomic mass is 35.5. The minimum atomic E-state index is -3.74. The summed E-state index contributed by atoms with van der Waals surface area (Å²) in [6, 6.07) is 13.1. The molecule has 27 heavy (non-hydrogen) atoms. The van der Waals surface area contributed by atoms with Crippen molar-refractivity contribution in [2.75, 3.05) is 6.54 Å². The van der Waals surface area contributed by atoms with Crippen LogP contribution in [0.25, 0.3) is 0 Å². The van der Waals surface area contributed by atoms with Crippen LogP contribution < -0.4 is 5.32 Å². The monoisotopic (exact) mass is 406 g/mol. The van der Waals surface area contributed by atoms with Crippen LogP contribution in [0.3, 0.4) is 0 Å². The van der Waals surface area contributed by atoms with Crippen LogP contribution in [0.4, 0.5) is 0 Å². The maximum atomic E-state index is 13.0. The standard InChI is InChI=1S/C20H23ClN2O3S/c1-14-5-7-16(8-6-14)15(2)22-20(24)19-4-3-13-23(19)27(25,26)18-11-9-17(21)10-12-18/h5-12,15,19H,3-4,13H2,1-2H3,(H,22,24)/t15-,19-/m0/s1. The number of nitrogens with zero attached hydrogens (tertiary/aromatic N) is 1. The van der Waals surface area contributed by atoms with Crippen molar-refractivity contribution in [1.82, 2.24) is 9.62 Å². The van der Waals surface area contributed by atoms with E-state index in [4.69, 9.17) is 11.6 Å². The number of carbonyl (C=O) groups is 1. The molecule has 3 rings (SSSR count). The van der Waals surface area contributed by atoms with Crippen LogP contribution in [0, 0.1) is 6.92 Å². The number of benzene rings is 2. The van der Waals surface area contributed by atoms with Gasteiger partial charge in [0.2, 0.25) is 15.9 Å². The Bertz CT molecular complexity index is 911. The maximum absolute atomic E-state index is 13.0. The molecule has 1 aliphatic rings. The fourth-order valence-corrected chi connectivity index (χ4v) is 5.06. The van der Waals surface area contributed by atoms with Crippen molar-refractivity contribution in [3.05, 3.63) is 64.7 Å². The first kappa shape index (κ1) is 19.9. The molecule has 1 amide bonds. The van der Waals surface area contributed by atoms with Crippen molar-refractivity contribution in [3.8, 4) is 0 Å². The lowest BCUT2D eigenvalue weighted by molar-refractivity contribution is -0.124. The number of hydrogen-bond acceptors (Lipinski definition) is 3. The predicted molar refractivity (Wildman–Crippen MR) is 106 cm³/mol. The number of carbonyl (C=O) groups excluding carboxylic acids is 1. The van der Waals surface area contributed by atoms with Gasteiger partial charge in [-0.15, -0.1) is 0 Å². The molecule has 0 unspecified atom stereocenters. The molecule has 1 heterocycles. The van der Waals surface area contributed by atoms with Gasteiger partial charge in [-0.1, -0.05) is 41.4 Å². The van der Waals surface area contributed by atoms with Gasteiger partial charge in [-0.2, -0.15) is 4.31 Å². The topological polar surface area (TPSA) is 66.5 Å². The van der Waals surface area contributed by atoms with E-state index in [1.165, 1.54) is 16.4 Å². The number of hydrogen-bond donors (Lipinski definition) is 1. The quantitative estimate of drug-likeness (QED) is 0.823. The molecule has 7 heteroatoms. The van der Waals surface area contributed by atoms with Gasteiger partial charge in [0.15, 0.2) is 0 Å². The zero-order valence-electron chi connectivity index (χ0n) is 15.4. The van der Waals surface area contributed by atoms with Crippen LogP contribution in [0.5, 0.6) is 0 Å². The Hall–Kier alpha value is -1.89. The Morgan fingerprint density at radius 1 is 1.15 bits per heavy atom. The van der Waals surface area contributed by atoms with Crippen molar-refractivity contribution < 1.29 is 13.2 Å². The van der Waals surface area contributed by atoms with Gasteiger partial charge in [-0.25, -0.2) is 8.42 Å². The molecule has 1 N–H and O–H groups in total. The van der Waals surface area contributed by atoms with Crippen molar-refractivity contribution in [2.24, 2.45) is 0 Å². The molecule has 0 bridgehead atoms. The average molecular weight is 407 g/mol. The number of nitrogens with one attached hydrogen (secondary N) is 1. The molecule has 1 aliphatic heterocycles. The first-order valence-corrected chi connectivity index (χ1v) is 10.7. The summed E-state index contributed by atoms with van der Waals surface area (Å²) in [7, 11) is -3.74. The van der Waals surface area contributed by atoms with E-state index in [9.17, 15) is 13.2 Å². The Morgan fingerprint density at radius 2 is 1.78 bits per heavy atom. The molecule has 1 fully saturated rings. The summed E-state index contributed by atoms with van der Waals surface area (Å²) in [5.41, 5.74) is 2.13. The largest absolute Gasteiger partial charge is 0.348 e. The Kier molecular flexibility index (Phi) is 5.89. The Morgan fingerprint density at radius 3 is 2.41 bits per heavy atom. The van der Waals surface area contributed by atoms with E-state index >= 15 is 0 Å². The van der Waals surface area contributed by atoms with Gasteiger partial charge in [0.1, 0.15) is 6.04 Å². The number of amides is 1. The lowest BCUT2D eigenvalue weighted by Gasteiger charge is -2.25. The molecule has 0 radical (unpaired) electrons. The van der Waals surface area contributed by atoms with E-state index in [0.717, 1.165) is 11.1 Å². The van der Waals surface area contributed by atoms with Crippen LogP contribution >= 0.6 is 11.6 Å². The minimum Gasteiger partial charge on any atom is -0.348 e. The van der Waals surface area contributed by atoms with E-state index < -0.39 is 16.1 Å². The molecule has 0 aromatic heterocycles. The highest BCUT2D eigenvalue weighted by Gasteiger charge is 2.39. The van der Waals surface area contributed by atoms with E-state index in [2.05, 4.69) is 5.32 Å². The lowest BCUT2D eigenvalue weighted by atomic mass is 10.1. The van der Waals surface area contributed by atoms with Crippen molar-refractivity contribution in [1.29, 1.82) is 0 Å². The van der Waals surface area contributed by atoms with E-state index in [0.29, 0.717) is 24.4 Å². The van der Waals surface area contributed by atoms with E-state index in [1.807, 2.05) is 38.1 Å². The zero-order valence-corrected chi connectivity index (χ0v) is 16.9. The van der Waals surface area contributed by atoms with Gasteiger partial charge in [0.05, 0.1) is 10.9 Å². The Labute approximate surface area is 165 Å². The fraction of sp³-hybridized carbons (Fsp3) is 0.350. The summed E-state index contributed by atoms with van der Waals surface area (Å²) >= 11 is 5.85. The highest BCUT2D eigenvalue weighted by Crippen LogP contribution is 2.27. The minimum absolute atomic E-state index is 0.151. The third-order valence-electron chi connectivity index (χ3n) is 4.86. The summed E-state index contributed by atoms with van der Waals surface area (Å²) in [5, 5.41) is 3.42. The van der Waals surface area contributed by atoms with E-state index in [-0.39, 0.29) is 16.8 Å². The third kappa shape index (κ3) is 4.34. The molecule has 2 aromatic rings. The van der Waals surface area contributed by atoms with Crippen LogP contribution in [-0.2, 0) is 14.8 Å². The molecular weight excluding hydrogens is 384 g/mol. The average Bonchev–Trinajstić information content (AvgIpc) is 3.13. The first-order chi connectivity index (χ1) is 12.8. The summed E-state index contributed by atoms with van der Waals surface area (Å²) in [5.74, 6) is -0.266. The van der Waals surface area contributed by atoms with E-state index in [1.54, 1.807) is 12.1 Å². The third-order valence-corrected chi connectivity index (χ3v) is 7.04. The normalized spacial score (nSPS) is 19.0. The second-order valence-corrected chi connectivity index (χ2v) is 9.20. The van der Waals surface area contributed by atoms with Crippen LogP contribution in [0.15, 0.2) is 53.4 Å². The van der Waals surface area contributed by atoms with Crippen molar-refractivity contribution in [2.45, 2.75) is 43.7 Å². The summed E-state index contributed by atoms with van der Waals surface area (Å²) < 4.78 is 27.2. The highest BCUT2D eigenvalue weighted by molar-refractivity contribution is 7.89. The molecular formula is C20H23ClN2O3S. The first-order valence-electron chi connectivity index (χ1n) is 8.93. The number of aryl methyl sites for hydroxylation is 1. The van der Waals surface area contributed by atoms with Gasteiger partial charge < -0.3 is 5.32 Å². The second-order valence-electron chi connectivity index (χ2n) is 6.87. The zero-order chi connectivity index (χ0) is 19.6. The molecule has 2 atom stereocenters. The van der Waals surface area contributed by atoms with Crippen LogP contribution in [0.2, 0.25) is 5.02 Å². The number of rotatable bonds is 5. The molecule has 0 saturated carbocycles. The van der Waals surface area contributed by atoms with Gasteiger partial charge in [0.25, 0.3) is 0 Å². The summed E-state index contributed by atoms with van der Waals surface area (Å²) in [4.78, 5) is 13.0. The maximum Gasteiger partial charge on any atom is 0.243 e. The smallest absolute Gasteiger partial charge is 0.243 e. The predicted octanol–water partition coefficient (Wildman–Crippen LogP) is 3.68. The second kappa shape index (κ2) is 8.00. The molecule has 0 aliphatic carbocycles. The molecule has 144 valence electrons. The molecule has 1 saturated heterocycles. The van der Waals surface area contributed by atoms with Gasteiger partial charge in [-0.05, 0) is 56.5 Å². The fourth-order valence-electron chi connectivity index (χ4n) is 3.28. The van der Waals surface area contributed by atoms with Gasteiger partial charge in [0, 0.05) is 11.6 Å². The van der Waals surface area contributed by atoms with Crippen molar-refractivity contribution in [3.63, 3.8) is 0 Å². The molecule has 0 spiro atoms. The lowest BCUT2D eigenvalue weighted by Crippen LogP contribution is -2.46.